The molecule has 0 aromatic rings. The molecule has 0 N–H and O–H groups in total. The van der Waals surface area contributed by atoms with Crippen LogP contribution in [-0.4, -0.2) is 42.2 Å². The van der Waals surface area contributed by atoms with Crippen LogP contribution in [0.1, 0.15) is 52.9 Å². The number of halogens is 2. The molecule has 5 nitrogen and oxygen atoms in total. The first kappa shape index (κ1) is 36.3. The topological polar surface area (TPSA) is 77.5 Å². The quantitative estimate of drug-likeness (QED) is 0.158. The highest BCUT2D eigenvalue weighted by atomic mass is 35.5. The summed E-state index contributed by atoms with van der Waals surface area (Å²) in [6.07, 6.45) is 14.7. The number of hydrogen-bond donors (Lipinski definition) is 0. The van der Waals surface area contributed by atoms with Crippen LogP contribution in [0.25, 0.3) is 0 Å². The molecule has 0 unspecified atom stereocenters. The number of carbonyl (C=O) groups excluding carboxylic acids is 4. The van der Waals surface area contributed by atoms with Gasteiger partial charge in [0.25, 0.3) is 0 Å². The fourth-order valence-electron chi connectivity index (χ4n) is 1.19. The van der Waals surface area contributed by atoms with Crippen LogP contribution in [0.15, 0.2) is 49.1 Å². The molecule has 0 fully saturated rings. The average molecular weight is 476 g/mol. The predicted octanol–water partition coefficient (Wildman–Crippen LogP) is 6.00. The lowest BCUT2D eigenvalue weighted by atomic mass is 10.3. The Balaban J connectivity index is -0.000000165. The summed E-state index contributed by atoms with van der Waals surface area (Å²) in [6.45, 7) is 11.6. The van der Waals surface area contributed by atoms with Gasteiger partial charge in [-0.1, -0.05) is 36.5 Å². The summed E-state index contributed by atoms with van der Waals surface area (Å²) >= 11 is 10.4. The lowest BCUT2D eigenvalue weighted by Crippen LogP contribution is -1.96. The molecule has 0 aromatic carbocycles. The summed E-state index contributed by atoms with van der Waals surface area (Å²) in [5.74, 6) is 1.23. The number of alkyl halides is 2. The van der Waals surface area contributed by atoms with Crippen LogP contribution in [0.5, 0.6) is 0 Å². The summed E-state index contributed by atoms with van der Waals surface area (Å²) in [6, 6.07) is 0. The lowest BCUT2D eigenvalue weighted by molar-refractivity contribution is -0.139. The second-order valence-corrected chi connectivity index (χ2v) is 6.42. The minimum absolute atomic E-state index is 0.0890. The van der Waals surface area contributed by atoms with E-state index in [1.807, 2.05) is 12.2 Å². The Morgan fingerprint density at radius 1 is 0.742 bits per heavy atom. The van der Waals surface area contributed by atoms with Crippen LogP contribution in [0.3, 0.4) is 0 Å². The maximum absolute atomic E-state index is 10.5. The Morgan fingerprint density at radius 3 is 1.39 bits per heavy atom. The van der Waals surface area contributed by atoms with Crippen LogP contribution < -0.4 is 0 Å². The molecule has 0 rings (SSSR count). The molecular formula is C24H37Cl2O5+. The van der Waals surface area contributed by atoms with Crippen LogP contribution >= 0.6 is 23.2 Å². The SMILES string of the molecule is C=CCCl.CC(=O)C/C=C\CCl.COC(=O)C/C=C\CC(C)=O.[CH2+]C/C=C\CC(C)=O. The Hall–Kier alpha value is -2.11. The van der Waals surface area contributed by atoms with Crippen molar-refractivity contribution in [2.45, 2.75) is 52.9 Å². The van der Waals surface area contributed by atoms with Crippen molar-refractivity contribution < 1.29 is 23.9 Å². The van der Waals surface area contributed by atoms with Crippen molar-refractivity contribution in [3.63, 3.8) is 0 Å². The highest BCUT2D eigenvalue weighted by Gasteiger charge is 1.93. The van der Waals surface area contributed by atoms with Gasteiger partial charge in [0.05, 0.1) is 20.5 Å². The Kier molecular flexibility index (Phi) is 38.1. The van der Waals surface area contributed by atoms with Crippen molar-refractivity contribution in [3.8, 4) is 0 Å². The largest absolute Gasteiger partial charge is 0.469 e. The van der Waals surface area contributed by atoms with Gasteiger partial charge in [-0.15, -0.1) is 29.8 Å². The minimum atomic E-state index is -0.287. The van der Waals surface area contributed by atoms with E-state index in [2.05, 4.69) is 18.2 Å². The van der Waals surface area contributed by atoms with Gasteiger partial charge >= 0.3 is 5.97 Å². The van der Waals surface area contributed by atoms with Crippen LogP contribution in [0.2, 0.25) is 0 Å². The second kappa shape index (κ2) is 32.6. The van der Waals surface area contributed by atoms with Crippen LogP contribution in [0.4, 0.5) is 0 Å². The number of ketones is 3. The molecular weight excluding hydrogens is 439 g/mol. The monoisotopic (exact) mass is 475 g/mol. The van der Waals surface area contributed by atoms with E-state index in [4.69, 9.17) is 23.2 Å². The third kappa shape index (κ3) is 58.4. The fourth-order valence-corrected chi connectivity index (χ4v) is 1.32. The summed E-state index contributed by atoms with van der Waals surface area (Å²) in [5, 5.41) is 0. The molecule has 0 bridgehead atoms. The molecule has 0 aliphatic rings. The third-order valence-corrected chi connectivity index (χ3v) is 2.99. The zero-order valence-corrected chi connectivity index (χ0v) is 20.7. The van der Waals surface area contributed by atoms with Gasteiger partial charge in [0.15, 0.2) is 0 Å². The van der Waals surface area contributed by atoms with Gasteiger partial charge in [0.1, 0.15) is 23.8 Å². The van der Waals surface area contributed by atoms with Crippen LogP contribution in [0, 0.1) is 6.92 Å². The normalized spacial score (nSPS) is 9.61. The van der Waals surface area contributed by atoms with E-state index in [9.17, 15) is 19.2 Å². The molecule has 31 heavy (non-hydrogen) atoms. The zero-order valence-electron chi connectivity index (χ0n) is 19.2. The minimum Gasteiger partial charge on any atom is -0.469 e. The first-order valence-electron chi connectivity index (χ1n) is 9.64. The summed E-state index contributed by atoms with van der Waals surface area (Å²) in [4.78, 5) is 41.4. The molecule has 176 valence electrons. The van der Waals surface area contributed by atoms with E-state index >= 15 is 0 Å². The lowest BCUT2D eigenvalue weighted by Gasteiger charge is -1.90. The Morgan fingerprint density at radius 2 is 1.10 bits per heavy atom. The molecule has 0 aromatic heterocycles. The summed E-state index contributed by atoms with van der Waals surface area (Å²) in [5.41, 5.74) is 0. The highest BCUT2D eigenvalue weighted by Crippen LogP contribution is 1.90. The number of esters is 1. The number of allylic oxidation sites excluding steroid dienone is 6. The summed E-state index contributed by atoms with van der Waals surface area (Å²) in [7, 11) is 1.33. The number of carbonyl (C=O) groups is 4. The first-order valence-corrected chi connectivity index (χ1v) is 10.7. The fraction of sp³-hybridized carbons (Fsp3) is 0.458. The van der Waals surface area contributed by atoms with Gasteiger partial charge in [-0.2, -0.15) is 0 Å². The van der Waals surface area contributed by atoms with Gasteiger partial charge in [0.2, 0.25) is 0 Å². The standard InChI is InChI=1S/C8H12O3.C7H11O.C6H9ClO.C3H5Cl/c1-7(9)5-3-4-6-8(10)11-2;1-3-4-5-6-7(2)8;1-6(8)4-2-3-5-7;1-2-3-4/h3-4H,5-6H2,1-2H3;4-5H,1,3,6H2,2H3;2-3H,4-5H2,1H3;2H,1,3H2/q;+1;;/b4-3-;5-4-;3-2-;. The molecule has 0 heterocycles. The molecule has 0 radical (unpaired) electrons. The number of methoxy groups -OCH3 is 1. The van der Waals surface area contributed by atoms with Crippen molar-refractivity contribution >= 4 is 46.5 Å². The average Bonchev–Trinajstić information content (AvgIpc) is 2.72. The van der Waals surface area contributed by atoms with E-state index in [0.717, 1.165) is 6.42 Å². The van der Waals surface area contributed by atoms with Crippen molar-refractivity contribution in [1.29, 1.82) is 0 Å². The Labute approximate surface area is 198 Å². The Bertz CT molecular complexity index is 538. The molecule has 0 saturated heterocycles. The van der Waals surface area contributed by atoms with Crippen LogP contribution in [-0.2, 0) is 23.9 Å². The zero-order chi connectivity index (χ0) is 24.9. The van der Waals surface area contributed by atoms with Crippen molar-refractivity contribution in [2.75, 3.05) is 18.9 Å². The molecule has 0 atom stereocenters. The molecule has 0 saturated carbocycles. The van der Waals surface area contributed by atoms with Crippen molar-refractivity contribution in [2.24, 2.45) is 0 Å². The molecule has 0 aliphatic heterocycles. The number of rotatable bonds is 11. The molecule has 7 heteroatoms. The smallest absolute Gasteiger partial charge is 0.309 e. The molecule has 0 amide bonds. The van der Waals surface area contributed by atoms with E-state index < -0.39 is 0 Å². The summed E-state index contributed by atoms with van der Waals surface area (Å²) < 4.78 is 4.38. The van der Waals surface area contributed by atoms with Gasteiger partial charge in [-0.3, -0.25) is 19.2 Å². The maximum atomic E-state index is 10.5. The number of ether oxygens (including phenoxy) is 1. The first-order chi connectivity index (χ1) is 14.6. The van der Waals surface area contributed by atoms with Crippen molar-refractivity contribution in [1.82, 2.24) is 0 Å². The number of Topliss-reactive ketones (excluding diaryl/α,β-unsaturated/α-hetero) is 3. The maximum Gasteiger partial charge on any atom is 0.309 e. The second-order valence-electron chi connectivity index (χ2n) is 5.80. The van der Waals surface area contributed by atoms with E-state index in [0.29, 0.717) is 31.0 Å². The van der Waals surface area contributed by atoms with E-state index in [1.54, 1.807) is 44.2 Å². The van der Waals surface area contributed by atoms with Crippen molar-refractivity contribution in [3.05, 3.63) is 56.0 Å². The predicted molar refractivity (Wildman–Crippen MR) is 132 cm³/mol. The number of hydrogen-bond acceptors (Lipinski definition) is 5. The molecule has 0 spiro atoms. The molecule has 0 aliphatic carbocycles. The van der Waals surface area contributed by atoms with Gasteiger partial charge in [0, 0.05) is 31.0 Å². The van der Waals surface area contributed by atoms with Gasteiger partial charge < -0.3 is 4.74 Å². The highest BCUT2D eigenvalue weighted by molar-refractivity contribution is 6.19. The third-order valence-electron chi connectivity index (χ3n) is 2.59. The van der Waals surface area contributed by atoms with Gasteiger partial charge in [-0.05, 0) is 26.8 Å². The van der Waals surface area contributed by atoms with Gasteiger partial charge in [-0.25, -0.2) is 0 Å². The van der Waals surface area contributed by atoms with E-state index in [-0.39, 0.29) is 29.7 Å². The van der Waals surface area contributed by atoms with E-state index in [1.165, 1.54) is 14.0 Å².